The van der Waals surface area contributed by atoms with Crippen molar-refractivity contribution in [1.82, 2.24) is 30.2 Å². The van der Waals surface area contributed by atoms with Crippen molar-refractivity contribution in [3.05, 3.63) is 75.1 Å². The van der Waals surface area contributed by atoms with Crippen LogP contribution in [0.25, 0.3) is 27.0 Å². The SMILES string of the molecule is CCOc1ccccc1-n1nnnc1SCc1nc2scc(-c3ccccc3Cl)c2c(=O)[nH]1. The molecule has 0 aliphatic carbocycles. The van der Waals surface area contributed by atoms with E-state index in [1.807, 2.05) is 54.8 Å². The topological polar surface area (TPSA) is 98.6 Å². The molecule has 1 N–H and O–H groups in total. The molecule has 0 aliphatic heterocycles. The number of benzene rings is 2. The second-order valence-corrected chi connectivity index (χ2v) is 9.09. The maximum Gasteiger partial charge on any atom is 0.260 e. The van der Waals surface area contributed by atoms with Crippen molar-refractivity contribution in [2.45, 2.75) is 17.8 Å². The third-order valence-corrected chi connectivity index (χ3v) is 6.96. The minimum atomic E-state index is -0.201. The zero-order valence-electron chi connectivity index (χ0n) is 17.4. The van der Waals surface area contributed by atoms with Crippen LogP contribution in [-0.4, -0.2) is 36.8 Å². The van der Waals surface area contributed by atoms with Crippen molar-refractivity contribution in [2.75, 3.05) is 6.61 Å². The van der Waals surface area contributed by atoms with Gasteiger partial charge in [-0.2, -0.15) is 4.68 Å². The Kier molecular flexibility index (Phi) is 6.12. The van der Waals surface area contributed by atoms with E-state index >= 15 is 0 Å². The van der Waals surface area contributed by atoms with E-state index in [2.05, 4.69) is 25.5 Å². The summed E-state index contributed by atoms with van der Waals surface area (Å²) in [6, 6.07) is 15.0. The number of thiophene rings is 1. The molecule has 0 radical (unpaired) electrons. The highest BCUT2D eigenvalue weighted by atomic mass is 35.5. The number of halogens is 1. The van der Waals surface area contributed by atoms with Crippen molar-refractivity contribution in [2.24, 2.45) is 0 Å². The number of H-pyrrole nitrogens is 1. The lowest BCUT2D eigenvalue weighted by atomic mass is 10.1. The first-order valence-corrected chi connectivity index (χ1v) is 12.3. The monoisotopic (exact) mass is 496 g/mol. The summed E-state index contributed by atoms with van der Waals surface area (Å²) in [6.07, 6.45) is 0. The highest BCUT2D eigenvalue weighted by Gasteiger charge is 2.17. The highest BCUT2D eigenvalue weighted by molar-refractivity contribution is 7.98. The number of nitrogens with one attached hydrogen (secondary N) is 1. The Morgan fingerprint density at radius 1 is 1.15 bits per heavy atom. The second kappa shape index (κ2) is 9.34. The third-order valence-electron chi connectivity index (χ3n) is 4.83. The Labute approximate surface area is 201 Å². The summed E-state index contributed by atoms with van der Waals surface area (Å²) in [7, 11) is 0. The molecule has 0 atom stereocenters. The number of ether oxygens (including phenoxy) is 1. The fourth-order valence-electron chi connectivity index (χ4n) is 3.40. The lowest BCUT2D eigenvalue weighted by Gasteiger charge is -2.10. The van der Waals surface area contributed by atoms with Gasteiger partial charge in [0.15, 0.2) is 0 Å². The van der Waals surface area contributed by atoms with Crippen LogP contribution in [0.15, 0.2) is 63.9 Å². The number of thioether (sulfide) groups is 1. The fraction of sp³-hybridized carbons (Fsp3) is 0.136. The van der Waals surface area contributed by atoms with Crippen LogP contribution in [0.3, 0.4) is 0 Å². The first-order chi connectivity index (χ1) is 16.2. The average Bonchev–Trinajstić information content (AvgIpc) is 3.46. The van der Waals surface area contributed by atoms with Gasteiger partial charge in [-0.25, -0.2) is 4.98 Å². The molecule has 0 saturated carbocycles. The van der Waals surface area contributed by atoms with Crippen LogP contribution in [-0.2, 0) is 5.75 Å². The van der Waals surface area contributed by atoms with Gasteiger partial charge in [-0.15, -0.1) is 16.4 Å². The van der Waals surface area contributed by atoms with Gasteiger partial charge in [0.2, 0.25) is 5.16 Å². The summed E-state index contributed by atoms with van der Waals surface area (Å²) in [5, 5.41) is 15.6. The molecule has 0 aliphatic rings. The van der Waals surface area contributed by atoms with E-state index in [1.54, 1.807) is 10.7 Å². The van der Waals surface area contributed by atoms with Crippen molar-refractivity contribution in [3.8, 4) is 22.6 Å². The van der Waals surface area contributed by atoms with Gasteiger partial charge < -0.3 is 9.72 Å². The van der Waals surface area contributed by atoms with Crippen LogP contribution >= 0.6 is 34.7 Å². The van der Waals surface area contributed by atoms with Crippen LogP contribution in [0.5, 0.6) is 5.75 Å². The molecule has 11 heteroatoms. The number of aromatic nitrogens is 6. The molecule has 0 fully saturated rings. The van der Waals surface area contributed by atoms with Gasteiger partial charge in [0, 0.05) is 21.5 Å². The number of hydrogen-bond acceptors (Lipinski definition) is 8. The highest BCUT2D eigenvalue weighted by Crippen LogP contribution is 2.35. The van der Waals surface area contributed by atoms with Crippen LogP contribution in [0, 0.1) is 0 Å². The molecule has 0 unspecified atom stereocenters. The minimum absolute atomic E-state index is 0.201. The normalized spacial score (nSPS) is 11.2. The van der Waals surface area contributed by atoms with E-state index in [0.717, 1.165) is 16.8 Å². The Balaban J connectivity index is 1.43. The summed E-state index contributed by atoms with van der Waals surface area (Å²) in [5.41, 5.74) is 2.14. The van der Waals surface area contributed by atoms with Gasteiger partial charge in [-0.1, -0.05) is 53.7 Å². The van der Waals surface area contributed by atoms with E-state index in [9.17, 15) is 4.79 Å². The molecule has 0 saturated heterocycles. The van der Waals surface area contributed by atoms with Gasteiger partial charge in [0.25, 0.3) is 5.56 Å². The summed E-state index contributed by atoms with van der Waals surface area (Å²) in [4.78, 5) is 21.1. The lowest BCUT2D eigenvalue weighted by Crippen LogP contribution is -2.11. The quantitative estimate of drug-likeness (QED) is 0.317. The summed E-state index contributed by atoms with van der Waals surface area (Å²) in [5.74, 6) is 1.62. The first-order valence-electron chi connectivity index (χ1n) is 10.0. The van der Waals surface area contributed by atoms with Crippen molar-refractivity contribution < 1.29 is 4.74 Å². The van der Waals surface area contributed by atoms with Crippen LogP contribution < -0.4 is 10.3 Å². The van der Waals surface area contributed by atoms with Gasteiger partial charge in [-0.05, 0) is 35.5 Å². The number of para-hydroxylation sites is 2. The van der Waals surface area contributed by atoms with Crippen LogP contribution in [0.4, 0.5) is 0 Å². The van der Waals surface area contributed by atoms with Gasteiger partial charge in [0.05, 0.1) is 17.7 Å². The van der Waals surface area contributed by atoms with Crippen LogP contribution in [0.2, 0.25) is 5.02 Å². The Hall–Kier alpha value is -3.21. The van der Waals surface area contributed by atoms with E-state index in [4.69, 9.17) is 16.3 Å². The molecule has 0 spiro atoms. The molecule has 0 bridgehead atoms. The van der Waals surface area contributed by atoms with Gasteiger partial charge >= 0.3 is 0 Å². The molecular weight excluding hydrogens is 480 g/mol. The standard InChI is InChI=1S/C22H17ClN6O2S2/c1-2-31-17-10-6-5-9-16(17)29-22(26-27-28-29)33-12-18-24-20(30)19-14(11-32-21(19)25-18)13-7-3-4-8-15(13)23/h3-11H,2,12H2,1H3,(H,24,25,30). The zero-order valence-corrected chi connectivity index (χ0v) is 19.7. The molecule has 2 aromatic carbocycles. The number of nitrogens with zero attached hydrogens (tertiary/aromatic N) is 5. The lowest BCUT2D eigenvalue weighted by molar-refractivity contribution is 0.337. The van der Waals surface area contributed by atoms with E-state index in [-0.39, 0.29) is 5.56 Å². The number of aromatic amines is 1. The predicted molar refractivity (Wildman–Crippen MR) is 131 cm³/mol. The molecule has 33 heavy (non-hydrogen) atoms. The fourth-order valence-corrected chi connectivity index (χ4v) is 5.35. The molecule has 166 valence electrons. The third kappa shape index (κ3) is 4.24. The maximum absolute atomic E-state index is 12.9. The molecule has 0 amide bonds. The molecule has 5 aromatic rings. The zero-order chi connectivity index (χ0) is 22.8. The first kappa shape index (κ1) is 21.6. The summed E-state index contributed by atoms with van der Waals surface area (Å²) < 4.78 is 7.31. The van der Waals surface area contributed by atoms with E-state index in [0.29, 0.717) is 44.3 Å². The predicted octanol–water partition coefficient (Wildman–Crippen LogP) is 4.97. The molecular formula is C22H17ClN6O2S2. The number of fused-ring (bicyclic) bond motifs is 1. The average molecular weight is 497 g/mol. The van der Waals surface area contributed by atoms with Gasteiger partial charge in [-0.3, -0.25) is 4.79 Å². The van der Waals surface area contributed by atoms with E-state index < -0.39 is 0 Å². The number of hydrogen-bond donors (Lipinski definition) is 1. The Morgan fingerprint density at radius 3 is 2.82 bits per heavy atom. The Bertz CT molecular complexity index is 1500. The number of tetrazole rings is 1. The number of rotatable bonds is 7. The van der Waals surface area contributed by atoms with E-state index in [1.165, 1.54) is 23.1 Å². The van der Waals surface area contributed by atoms with Crippen molar-refractivity contribution in [1.29, 1.82) is 0 Å². The van der Waals surface area contributed by atoms with Crippen LogP contribution in [0.1, 0.15) is 12.7 Å². The maximum atomic E-state index is 12.9. The smallest absolute Gasteiger partial charge is 0.260 e. The van der Waals surface area contributed by atoms with Gasteiger partial charge in [0.1, 0.15) is 22.1 Å². The molecule has 8 nitrogen and oxygen atoms in total. The summed E-state index contributed by atoms with van der Waals surface area (Å²) in [6.45, 7) is 2.45. The summed E-state index contributed by atoms with van der Waals surface area (Å²) >= 11 is 9.13. The molecule has 5 rings (SSSR count). The minimum Gasteiger partial charge on any atom is -0.492 e. The van der Waals surface area contributed by atoms with Crippen molar-refractivity contribution in [3.63, 3.8) is 0 Å². The van der Waals surface area contributed by atoms with Crippen molar-refractivity contribution >= 4 is 44.9 Å². The molecule has 3 aromatic heterocycles. The molecule has 3 heterocycles. The largest absolute Gasteiger partial charge is 0.492 e. The second-order valence-electron chi connectivity index (χ2n) is 6.88. The Morgan fingerprint density at radius 2 is 1.97 bits per heavy atom.